The lowest BCUT2D eigenvalue weighted by Gasteiger charge is -2.30. The summed E-state index contributed by atoms with van der Waals surface area (Å²) in [6.07, 6.45) is 0. The van der Waals surface area contributed by atoms with E-state index in [1.54, 1.807) is 0 Å². The molecule has 0 N–H and O–H groups in total. The van der Waals surface area contributed by atoms with E-state index in [9.17, 15) is 0 Å². The van der Waals surface area contributed by atoms with Gasteiger partial charge in [0.2, 0.25) is 0 Å². The van der Waals surface area contributed by atoms with Gasteiger partial charge in [-0.3, -0.25) is 0 Å². The summed E-state index contributed by atoms with van der Waals surface area (Å²) in [4.78, 5) is 2.39. The molecule has 0 bridgehead atoms. The molecule has 1 aliphatic heterocycles. The topological polar surface area (TPSA) is 12.5 Å². The number of hydrogen-bond donors (Lipinski definition) is 0. The van der Waals surface area contributed by atoms with Gasteiger partial charge in [0.25, 0.3) is 0 Å². The third-order valence-electron chi connectivity index (χ3n) is 8.46. The molecule has 0 unspecified atom stereocenters. The number of rotatable bonds is 3. The molecule has 6 aromatic rings. The van der Waals surface area contributed by atoms with Gasteiger partial charge in [0.15, 0.2) is 0 Å². The highest BCUT2D eigenvalue weighted by atomic mass is 16.5. The minimum Gasteiger partial charge on any atom is -0.456 e. The van der Waals surface area contributed by atoms with Crippen LogP contribution in [0, 0.1) is 0 Å². The fourth-order valence-electron chi connectivity index (χ4n) is 6.61. The van der Waals surface area contributed by atoms with E-state index in [-0.39, 0.29) is 5.41 Å². The maximum atomic E-state index is 6.40. The van der Waals surface area contributed by atoms with Gasteiger partial charge >= 0.3 is 0 Å². The largest absolute Gasteiger partial charge is 0.456 e. The van der Waals surface area contributed by atoms with Gasteiger partial charge in [0, 0.05) is 33.1 Å². The van der Waals surface area contributed by atoms with Gasteiger partial charge in [-0.1, -0.05) is 98.8 Å². The number of anilines is 3. The average molecular weight is 502 g/mol. The van der Waals surface area contributed by atoms with Crippen LogP contribution in [-0.4, -0.2) is 0 Å². The molecule has 0 saturated carbocycles. The van der Waals surface area contributed by atoms with E-state index in [4.69, 9.17) is 4.74 Å². The quantitative estimate of drug-likeness (QED) is 0.239. The molecule has 0 saturated heterocycles. The van der Waals surface area contributed by atoms with Crippen LogP contribution in [0.2, 0.25) is 0 Å². The molecular weight excluding hydrogens is 474 g/mol. The summed E-state index contributed by atoms with van der Waals surface area (Å²) in [6.45, 7) is 4.66. The van der Waals surface area contributed by atoms with Crippen molar-refractivity contribution in [1.82, 2.24) is 0 Å². The molecule has 0 fully saturated rings. The third-order valence-corrected chi connectivity index (χ3v) is 8.46. The molecule has 0 amide bonds. The van der Waals surface area contributed by atoms with E-state index < -0.39 is 0 Å². The van der Waals surface area contributed by atoms with Crippen molar-refractivity contribution in [2.24, 2.45) is 0 Å². The zero-order valence-electron chi connectivity index (χ0n) is 22.0. The van der Waals surface area contributed by atoms with Crippen molar-refractivity contribution in [2.75, 3.05) is 4.90 Å². The van der Waals surface area contributed by atoms with Gasteiger partial charge in [-0.15, -0.1) is 0 Å². The molecule has 2 nitrogen and oxygen atoms in total. The molecule has 2 aliphatic rings. The van der Waals surface area contributed by atoms with E-state index >= 15 is 0 Å². The molecule has 0 atom stereocenters. The first-order valence-corrected chi connectivity index (χ1v) is 13.5. The fourth-order valence-corrected chi connectivity index (χ4v) is 6.61. The molecule has 8 rings (SSSR count). The molecule has 0 aromatic heterocycles. The minimum absolute atomic E-state index is 0.0208. The Bertz CT molecular complexity index is 1920. The van der Waals surface area contributed by atoms with Crippen LogP contribution in [0.4, 0.5) is 17.1 Å². The third kappa shape index (κ3) is 3.15. The fraction of sp³-hybridized carbons (Fsp3) is 0.0811. The van der Waals surface area contributed by atoms with E-state index in [2.05, 4.69) is 134 Å². The summed E-state index contributed by atoms with van der Waals surface area (Å²) in [5.74, 6) is 1.81. The van der Waals surface area contributed by atoms with E-state index in [0.29, 0.717) is 0 Å². The molecular formula is C37H27NO. The smallest absolute Gasteiger partial charge is 0.135 e. The Morgan fingerprint density at radius 3 is 2.10 bits per heavy atom. The predicted molar refractivity (Wildman–Crippen MR) is 162 cm³/mol. The van der Waals surface area contributed by atoms with Crippen LogP contribution in [-0.2, 0) is 5.41 Å². The first-order valence-electron chi connectivity index (χ1n) is 13.5. The van der Waals surface area contributed by atoms with Crippen molar-refractivity contribution in [3.8, 4) is 33.8 Å². The first kappa shape index (κ1) is 22.2. The van der Waals surface area contributed by atoms with Gasteiger partial charge in [-0.05, 0) is 70.3 Å². The van der Waals surface area contributed by atoms with Crippen molar-refractivity contribution in [3.05, 3.63) is 139 Å². The average Bonchev–Trinajstić information content (AvgIpc) is 3.21. The number of nitrogens with zero attached hydrogens (tertiary/aromatic N) is 1. The van der Waals surface area contributed by atoms with Gasteiger partial charge in [0.1, 0.15) is 11.5 Å². The summed E-state index contributed by atoms with van der Waals surface area (Å²) < 4.78 is 6.40. The van der Waals surface area contributed by atoms with Gasteiger partial charge in [-0.25, -0.2) is 0 Å². The molecule has 2 heteroatoms. The Kier molecular flexibility index (Phi) is 4.60. The van der Waals surface area contributed by atoms with Crippen LogP contribution < -0.4 is 9.64 Å². The Labute approximate surface area is 228 Å². The number of fused-ring (bicyclic) bond motifs is 5. The van der Waals surface area contributed by atoms with Crippen LogP contribution in [0.3, 0.4) is 0 Å². The Morgan fingerprint density at radius 1 is 0.513 bits per heavy atom. The molecule has 39 heavy (non-hydrogen) atoms. The number of para-hydroxylation sites is 2. The van der Waals surface area contributed by atoms with E-state index in [1.807, 2.05) is 12.1 Å². The second-order valence-corrected chi connectivity index (χ2v) is 11.0. The maximum Gasteiger partial charge on any atom is 0.135 e. The van der Waals surface area contributed by atoms with Crippen LogP contribution in [0.1, 0.15) is 25.0 Å². The van der Waals surface area contributed by atoms with Crippen molar-refractivity contribution >= 4 is 27.8 Å². The predicted octanol–water partition coefficient (Wildman–Crippen LogP) is 10.4. The minimum atomic E-state index is -0.0208. The Morgan fingerprint density at radius 2 is 1.23 bits per heavy atom. The Balaban J connectivity index is 1.39. The van der Waals surface area contributed by atoms with Crippen molar-refractivity contribution < 1.29 is 4.74 Å². The maximum absolute atomic E-state index is 6.40. The standard InChI is InChI=1S/C37H27NO/c1-37(2)31-16-8-6-13-26(31)30-23-25(19-21-32(30)37)38(24-11-4-3-5-12-24)33-22-20-28-27-14-7-9-17-34(27)39-35-18-10-15-29(33)36(28)35/h3-23H,1-2H3. The monoisotopic (exact) mass is 501 g/mol. The van der Waals surface area contributed by atoms with Crippen molar-refractivity contribution in [1.29, 1.82) is 0 Å². The molecule has 0 radical (unpaired) electrons. The van der Waals surface area contributed by atoms with Crippen LogP contribution in [0.25, 0.3) is 33.0 Å². The summed E-state index contributed by atoms with van der Waals surface area (Å²) in [7, 11) is 0. The number of benzene rings is 6. The lowest BCUT2D eigenvalue weighted by Crippen LogP contribution is -2.15. The van der Waals surface area contributed by atoms with Gasteiger partial charge in [0.05, 0.1) is 5.69 Å². The van der Waals surface area contributed by atoms with Crippen molar-refractivity contribution in [2.45, 2.75) is 19.3 Å². The zero-order chi connectivity index (χ0) is 26.1. The number of ether oxygens (including phenoxy) is 1. The van der Waals surface area contributed by atoms with Gasteiger partial charge < -0.3 is 9.64 Å². The highest BCUT2D eigenvalue weighted by Crippen LogP contribution is 2.53. The SMILES string of the molecule is CC1(C)c2ccccc2-c2cc(N(c3ccccc3)c3ccc4c5c(cccc35)Oc3ccccc3-4)ccc21. The first-order chi connectivity index (χ1) is 19.1. The highest BCUT2D eigenvalue weighted by Gasteiger charge is 2.35. The lowest BCUT2D eigenvalue weighted by molar-refractivity contribution is 0.487. The highest BCUT2D eigenvalue weighted by molar-refractivity contribution is 6.11. The Hall–Kier alpha value is -4.82. The normalized spacial score (nSPS) is 13.8. The zero-order valence-corrected chi connectivity index (χ0v) is 22.0. The molecule has 1 aliphatic carbocycles. The molecule has 1 heterocycles. The second-order valence-electron chi connectivity index (χ2n) is 11.0. The molecule has 6 aromatic carbocycles. The number of hydrogen-bond acceptors (Lipinski definition) is 2. The van der Waals surface area contributed by atoms with Gasteiger partial charge in [-0.2, -0.15) is 0 Å². The summed E-state index contributed by atoms with van der Waals surface area (Å²) >= 11 is 0. The molecule has 0 spiro atoms. The van der Waals surface area contributed by atoms with Crippen LogP contribution in [0.15, 0.2) is 127 Å². The van der Waals surface area contributed by atoms with Crippen LogP contribution in [0.5, 0.6) is 11.5 Å². The summed E-state index contributed by atoms with van der Waals surface area (Å²) in [5, 5.41) is 2.33. The van der Waals surface area contributed by atoms with E-state index in [0.717, 1.165) is 39.5 Å². The van der Waals surface area contributed by atoms with E-state index in [1.165, 1.54) is 33.2 Å². The summed E-state index contributed by atoms with van der Waals surface area (Å²) in [6, 6.07) is 45.7. The van der Waals surface area contributed by atoms with Crippen molar-refractivity contribution in [3.63, 3.8) is 0 Å². The molecule has 186 valence electrons. The summed E-state index contributed by atoms with van der Waals surface area (Å²) in [5.41, 5.74) is 11.1. The second kappa shape index (κ2) is 8.09. The lowest BCUT2D eigenvalue weighted by atomic mass is 9.82. The van der Waals surface area contributed by atoms with Crippen LogP contribution >= 0.6 is 0 Å².